The maximum Gasteiger partial charge on any atom is 0.120 e. The van der Waals surface area contributed by atoms with Crippen LogP contribution in [-0.4, -0.2) is 24.4 Å². The molecule has 0 amide bonds. The molecule has 16 heavy (non-hydrogen) atoms. The third-order valence-corrected chi connectivity index (χ3v) is 2.85. The van der Waals surface area contributed by atoms with Gasteiger partial charge < -0.3 is 15.6 Å². The van der Waals surface area contributed by atoms with E-state index in [0.29, 0.717) is 41.8 Å². The standard InChI is InChI=1S/C11H15Cl2NO2/c12-10-2-1-9(7-11(10)13)16-6-4-8(15)3-5-14/h1-2,7-8,15H,3-6,14H2. The molecule has 3 nitrogen and oxygen atoms in total. The van der Waals surface area contributed by atoms with Crippen molar-refractivity contribution in [1.29, 1.82) is 0 Å². The van der Waals surface area contributed by atoms with Crippen molar-refractivity contribution in [1.82, 2.24) is 0 Å². The van der Waals surface area contributed by atoms with Gasteiger partial charge in [-0.25, -0.2) is 0 Å². The molecule has 0 radical (unpaired) electrons. The highest BCUT2D eigenvalue weighted by atomic mass is 35.5. The molecule has 90 valence electrons. The van der Waals surface area contributed by atoms with Crippen molar-refractivity contribution in [3.8, 4) is 5.75 Å². The van der Waals surface area contributed by atoms with E-state index < -0.39 is 6.10 Å². The van der Waals surface area contributed by atoms with Gasteiger partial charge in [0.25, 0.3) is 0 Å². The molecule has 1 aromatic rings. The molecule has 0 aliphatic rings. The fraction of sp³-hybridized carbons (Fsp3) is 0.455. The summed E-state index contributed by atoms with van der Waals surface area (Å²) in [5.74, 6) is 0.648. The van der Waals surface area contributed by atoms with Crippen LogP contribution in [0.25, 0.3) is 0 Å². The van der Waals surface area contributed by atoms with E-state index in [-0.39, 0.29) is 0 Å². The fourth-order valence-corrected chi connectivity index (χ4v) is 1.50. The van der Waals surface area contributed by atoms with Crippen LogP contribution in [0.4, 0.5) is 0 Å². The Morgan fingerprint density at radius 1 is 1.25 bits per heavy atom. The second kappa shape index (κ2) is 6.97. The van der Waals surface area contributed by atoms with Crippen LogP contribution < -0.4 is 10.5 Å². The lowest BCUT2D eigenvalue weighted by Gasteiger charge is -2.10. The van der Waals surface area contributed by atoms with E-state index in [0.717, 1.165) is 0 Å². The van der Waals surface area contributed by atoms with Gasteiger partial charge in [-0.3, -0.25) is 0 Å². The highest BCUT2D eigenvalue weighted by Crippen LogP contribution is 2.26. The summed E-state index contributed by atoms with van der Waals surface area (Å²) < 4.78 is 5.41. The normalized spacial score (nSPS) is 12.5. The minimum Gasteiger partial charge on any atom is -0.493 e. The van der Waals surface area contributed by atoms with Crippen molar-refractivity contribution in [3.05, 3.63) is 28.2 Å². The zero-order valence-corrected chi connectivity index (χ0v) is 10.3. The predicted molar refractivity (Wildman–Crippen MR) is 66.3 cm³/mol. The molecular weight excluding hydrogens is 249 g/mol. The molecule has 0 aromatic heterocycles. The fourth-order valence-electron chi connectivity index (χ4n) is 1.22. The van der Waals surface area contributed by atoms with E-state index in [4.69, 9.17) is 33.7 Å². The first-order valence-electron chi connectivity index (χ1n) is 5.09. The second-order valence-corrected chi connectivity index (χ2v) is 4.26. The van der Waals surface area contributed by atoms with Gasteiger partial charge in [-0.15, -0.1) is 0 Å². The molecule has 0 aliphatic carbocycles. The molecule has 1 unspecified atom stereocenters. The summed E-state index contributed by atoms with van der Waals surface area (Å²) in [7, 11) is 0. The van der Waals surface area contributed by atoms with Gasteiger partial charge in [0.1, 0.15) is 5.75 Å². The molecule has 0 fully saturated rings. The predicted octanol–water partition coefficient (Wildman–Crippen LogP) is 2.47. The molecule has 0 aliphatic heterocycles. The molecule has 0 heterocycles. The zero-order valence-electron chi connectivity index (χ0n) is 8.83. The Balaban J connectivity index is 2.34. The Hall–Kier alpha value is -0.480. The summed E-state index contributed by atoms with van der Waals surface area (Å²) in [4.78, 5) is 0. The molecule has 0 spiro atoms. The van der Waals surface area contributed by atoms with Crippen LogP contribution in [0.1, 0.15) is 12.8 Å². The van der Waals surface area contributed by atoms with Gasteiger partial charge in [-0.1, -0.05) is 23.2 Å². The minimum atomic E-state index is -0.409. The van der Waals surface area contributed by atoms with E-state index in [2.05, 4.69) is 0 Å². The summed E-state index contributed by atoms with van der Waals surface area (Å²) in [6.07, 6.45) is 0.732. The van der Waals surface area contributed by atoms with Gasteiger partial charge >= 0.3 is 0 Å². The van der Waals surface area contributed by atoms with Gasteiger partial charge in [0.05, 0.1) is 22.8 Å². The quantitative estimate of drug-likeness (QED) is 0.829. The molecule has 0 saturated heterocycles. The topological polar surface area (TPSA) is 55.5 Å². The number of aliphatic hydroxyl groups excluding tert-OH is 1. The maximum absolute atomic E-state index is 9.42. The molecule has 1 rings (SSSR count). The minimum absolute atomic E-state index is 0.409. The number of benzene rings is 1. The Kier molecular flexibility index (Phi) is 5.91. The Bertz CT molecular complexity index is 334. The maximum atomic E-state index is 9.42. The van der Waals surface area contributed by atoms with Gasteiger partial charge in [-0.2, -0.15) is 0 Å². The summed E-state index contributed by atoms with van der Waals surface area (Å²) in [6.45, 7) is 0.910. The first kappa shape index (κ1) is 13.6. The van der Waals surface area contributed by atoms with E-state index in [1.54, 1.807) is 18.2 Å². The highest BCUT2D eigenvalue weighted by Gasteiger charge is 2.04. The molecule has 3 N–H and O–H groups in total. The SMILES string of the molecule is NCCC(O)CCOc1ccc(Cl)c(Cl)c1. The third kappa shape index (κ3) is 4.58. The van der Waals surface area contributed by atoms with Crippen molar-refractivity contribution in [3.63, 3.8) is 0 Å². The van der Waals surface area contributed by atoms with Crippen LogP contribution in [0.2, 0.25) is 10.0 Å². The van der Waals surface area contributed by atoms with Crippen molar-refractivity contribution in [2.75, 3.05) is 13.2 Å². The average Bonchev–Trinajstić information content (AvgIpc) is 2.24. The number of aliphatic hydroxyl groups is 1. The second-order valence-electron chi connectivity index (χ2n) is 3.44. The molecule has 0 bridgehead atoms. The highest BCUT2D eigenvalue weighted by molar-refractivity contribution is 6.42. The molecule has 1 aromatic carbocycles. The van der Waals surface area contributed by atoms with Crippen LogP contribution in [0.15, 0.2) is 18.2 Å². The van der Waals surface area contributed by atoms with Crippen LogP contribution in [-0.2, 0) is 0 Å². The van der Waals surface area contributed by atoms with Crippen LogP contribution in [0.3, 0.4) is 0 Å². The van der Waals surface area contributed by atoms with Crippen molar-refractivity contribution in [2.24, 2.45) is 5.73 Å². The Morgan fingerprint density at radius 2 is 2.00 bits per heavy atom. The van der Waals surface area contributed by atoms with Crippen LogP contribution >= 0.6 is 23.2 Å². The van der Waals surface area contributed by atoms with E-state index in [1.807, 2.05) is 0 Å². The number of rotatable bonds is 6. The third-order valence-electron chi connectivity index (χ3n) is 2.11. The van der Waals surface area contributed by atoms with Crippen molar-refractivity contribution >= 4 is 23.2 Å². The van der Waals surface area contributed by atoms with Crippen molar-refractivity contribution in [2.45, 2.75) is 18.9 Å². The first-order valence-corrected chi connectivity index (χ1v) is 5.85. The zero-order chi connectivity index (χ0) is 12.0. The van der Waals surface area contributed by atoms with Gasteiger partial charge in [0.15, 0.2) is 0 Å². The summed E-state index contributed by atoms with van der Waals surface area (Å²) in [5, 5.41) is 10.4. The van der Waals surface area contributed by atoms with Crippen molar-refractivity contribution < 1.29 is 9.84 Å². The Labute approximate surface area is 105 Å². The summed E-state index contributed by atoms with van der Waals surface area (Å²) in [6, 6.07) is 5.07. The number of halogens is 2. The van der Waals surface area contributed by atoms with Gasteiger partial charge in [0.2, 0.25) is 0 Å². The van der Waals surface area contributed by atoms with Crippen LogP contribution in [0.5, 0.6) is 5.75 Å². The number of nitrogens with two attached hydrogens (primary N) is 1. The molecule has 1 atom stereocenters. The molecule has 5 heteroatoms. The first-order chi connectivity index (χ1) is 7.63. The van der Waals surface area contributed by atoms with Gasteiger partial charge in [0, 0.05) is 12.5 Å². The monoisotopic (exact) mass is 263 g/mol. The number of ether oxygens (including phenoxy) is 1. The lowest BCUT2D eigenvalue weighted by atomic mass is 10.2. The Morgan fingerprint density at radius 3 is 2.62 bits per heavy atom. The summed E-state index contributed by atoms with van der Waals surface area (Å²) >= 11 is 11.6. The largest absolute Gasteiger partial charge is 0.493 e. The van der Waals surface area contributed by atoms with Gasteiger partial charge in [-0.05, 0) is 25.1 Å². The average molecular weight is 264 g/mol. The summed E-state index contributed by atoms with van der Waals surface area (Å²) in [5.41, 5.74) is 5.32. The number of hydrogen-bond acceptors (Lipinski definition) is 3. The number of hydrogen-bond donors (Lipinski definition) is 2. The van der Waals surface area contributed by atoms with E-state index in [1.165, 1.54) is 0 Å². The van der Waals surface area contributed by atoms with E-state index in [9.17, 15) is 5.11 Å². The van der Waals surface area contributed by atoms with E-state index >= 15 is 0 Å². The van der Waals surface area contributed by atoms with Crippen LogP contribution in [0, 0.1) is 0 Å². The lowest BCUT2D eigenvalue weighted by molar-refractivity contribution is 0.133. The molecule has 0 saturated carbocycles. The molecular formula is C11H15Cl2NO2. The lowest BCUT2D eigenvalue weighted by Crippen LogP contribution is -2.16. The smallest absolute Gasteiger partial charge is 0.120 e.